The summed E-state index contributed by atoms with van der Waals surface area (Å²) < 4.78 is 32.1. The zero-order valence-electron chi connectivity index (χ0n) is 15.9. The normalized spacial score (nSPS) is 19.5. The van der Waals surface area contributed by atoms with Gasteiger partial charge in [-0.1, -0.05) is 24.2 Å². The number of aromatic nitrogens is 1. The van der Waals surface area contributed by atoms with Crippen LogP contribution in [0.3, 0.4) is 0 Å². The molecule has 0 radical (unpaired) electrons. The summed E-state index contributed by atoms with van der Waals surface area (Å²) in [4.78, 5) is 26.7. The summed E-state index contributed by atoms with van der Waals surface area (Å²) in [5.74, 6) is -1.90. The second kappa shape index (κ2) is 8.50. The van der Waals surface area contributed by atoms with Crippen molar-refractivity contribution in [1.29, 1.82) is 0 Å². The van der Waals surface area contributed by atoms with Gasteiger partial charge in [0.15, 0.2) is 11.6 Å². The molecule has 3 rings (SSSR count). The molecule has 0 aliphatic carbocycles. The number of aryl methyl sites for hydroxylation is 1. The predicted molar refractivity (Wildman–Crippen MR) is 97.5 cm³/mol. The first-order valence-corrected chi connectivity index (χ1v) is 9.33. The van der Waals surface area contributed by atoms with Gasteiger partial charge in [0.05, 0.1) is 12.6 Å². The fraction of sp³-hybridized carbons (Fsp3) is 0.450. The van der Waals surface area contributed by atoms with Crippen molar-refractivity contribution >= 4 is 11.8 Å². The Morgan fingerprint density at radius 2 is 2.14 bits per heavy atom. The second-order valence-corrected chi connectivity index (χ2v) is 7.07. The van der Waals surface area contributed by atoms with E-state index in [1.54, 1.807) is 11.8 Å². The Labute approximate surface area is 161 Å². The van der Waals surface area contributed by atoms with Crippen molar-refractivity contribution in [2.45, 2.75) is 39.2 Å². The highest BCUT2D eigenvalue weighted by Gasteiger charge is 2.32. The molecule has 1 saturated heterocycles. The number of halogens is 2. The molecule has 2 amide bonds. The van der Waals surface area contributed by atoms with E-state index in [1.165, 1.54) is 18.3 Å². The number of nitrogens with one attached hydrogen (secondary N) is 1. The van der Waals surface area contributed by atoms with Crippen LogP contribution >= 0.6 is 0 Å². The molecule has 1 fully saturated rings. The minimum atomic E-state index is -0.991. The van der Waals surface area contributed by atoms with Crippen molar-refractivity contribution in [2.24, 2.45) is 5.92 Å². The molecule has 2 heterocycles. The average molecular weight is 391 g/mol. The van der Waals surface area contributed by atoms with Crippen LogP contribution < -0.4 is 5.32 Å². The molecule has 2 atom stereocenters. The number of rotatable bonds is 5. The molecular weight excluding hydrogens is 368 g/mol. The van der Waals surface area contributed by atoms with E-state index >= 15 is 0 Å². The summed E-state index contributed by atoms with van der Waals surface area (Å²) in [5, 5.41) is 6.57. The summed E-state index contributed by atoms with van der Waals surface area (Å²) in [7, 11) is 0. The van der Waals surface area contributed by atoms with Crippen molar-refractivity contribution in [2.75, 3.05) is 13.1 Å². The molecule has 0 saturated carbocycles. The average Bonchev–Trinajstić information content (AvgIpc) is 3.11. The Balaban J connectivity index is 1.61. The van der Waals surface area contributed by atoms with E-state index in [-0.39, 0.29) is 35.8 Å². The molecule has 1 aliphatic heterocycles. The molecule has 0 bridgehead atoms. The number of nitrogens with zero attached hydrogens (tertiary/aromatic N) is 2. The van der Waals surface area contributed by atoms with Crippen LogP contribution in [0.5, 0.6) is 0 Å². The highest BCUT2D eigenvalue weighted by molar-refractivity contribution is 5.94. The van der Waals surface area contributed by atoms with Gasteiger partial charge in [0.25, 0.3) is 5.91 Å². The predicted octanol–water partition coefficient (Wildman–Crippen LogP) is 2.86. The van der Waals surface area contributed by atoms with Crippen molar-refractivity contribution in [3.8, 4) is 0 Å². The van der Waals surface area contributed by atoms with Crippen LogP contribution in [-0.2, 0) is 11.2 Å². The number of hydrogen-bond acceptors (Lipinski definition) is 4. The minimum absolute atomic E-state index is 0.0288. The fourth-order valence-electron chi connectivity index (χ4n) is 3.61. The number of piperidine rings is 1. The Morgan fingerprint density at radius 1 is 1.36 bits per heavy atom. The van der Waals surface area contributed by atoms with Crippen molar-refractivity contribution in [3.05, 3.63) is 52.9 Å². The van der Waals surface area contributed by atoms with E-state index in [0.717, 1.165) is 12.5 Å². The Hall–Kier alpha value is -2.77. The lowest BCUT2D eigenvalue weighted by molar-refractivity contribution is -0.121. The van der Waals surface area contributed by atoms with E-state index in [9.17, 15) is 18.4 Å². The molecule has 28 heavy (non-hydrogen) atoms. The number of amides is 2. The zero-order chi connectivity index (χ0) is 20.3. The van der Waals surface area contributed by atoms with Gasteiger partial charge >= 0.3 is 0 Å². The first kappa shape index (κ1) is 20.0. The molecule has 1 aromatic heterocycles. The number of benzene rings is 1. The highest BCUT2D eigenvalue weighted by atomic mass is 19.2. The summed E-state index contributed by atoms with van der Waals surface area (Å²) in [6.45, 7) is 4.67. The molecule has 150 valence electrons. The lowest BCUT2D eigenvalue weighted by Crippen LogP contribution is -2.52. The molecule has 8 heteroatoms. The van der Waals surface area contributed by atoms with E-state index in [0.29, 0.717) is 30.8 Å². The molecular formula is C20H23F2N3O3. The zero-order valence-corrected chi connectivity index (χ0v) is 15.9. The topological polar surface area (TPSA) is 75.4 Å². The van der Waals surface area contributed by atoms with Gasteiger partial charge in [-0.15, -0.1) is 0 Å². The number of likely N-dealkylation sites (tertiary alicyclic amines) is 1. The molecule has 1 N–H and O–H groups in total. The van der Waals surface area contributed by atoms with Crippen LogP contribution in [0.15, 0.2) is 28.9 Å². The van der Waals surface area contributed by atoms with E-state index in [4.69, 9.17) is 4.52 Å². The van der Waals surface area contributed by atoms with Gasteiger partial charge in [-0.25, -0.2) is 8.78 Å². The molecule has 2 aromatic rings. The first-order chi connectivity index (χ1) is 13.4. The molecule has 6 nitrogen and oxygen atoms in total. The number of carbonyl (C=O) groups is 2. The maximum absolute atomic E-state index is 13.8. The van der Waals surface area contributed by atoms with Gasteiger partial charge in [-0.05, 0) is 31.7 Å². The van der Waals surface area contributed by atoms with Gasteiger partial charge in [0, 0.05) is 24.7 Å². The van der Waals surface area contributed by atoms with Crippen LogP contribution in [-0.4, -0.2) is 41.0 Å². The Bertz CT molecular complexity index is 868. The minimum Gasteiger partial charge on any atom is -0.361 e. The van der Waals surface area contributed by atoms with Crippen LogP contribution in [0.25, 0.3) is 0 Å². The smallest absolute Gasteiger partial charge is 0.259 e. The monoisotopic (exact) mass is 391 g/mol. The summed E-state index contributed by atoms with van der Waals surface area (Å²) >= 11 is 0. The standard InChI is InChI=1S/C20H23F2N3O3/c1-3-13-11-25(20(27)15-10-23-28-12(15)2)8-7-17(13)24-18(26)9-14-5-4-6-16(21)19(14)22/h4-6,10,13,17H,3,7-9,11H2,1-2H3,(H,24,26)/t13-,17+/m1/s1. The van der Waals surface area contributed by atoms with Crippen LogP contribution in [0.2, 0.25) is 0 Å². The fourth-order valence-corrected chi connectivity index (χ4v) is 3.61. The SMILES string of the molecule is CC[C@@H]1CN(C(=O)c2cnoc2C)CC[C@@H]1NC(=O)Cc1cccc(F)c1F. The largest absolute Gasteiger partial charge is 0.361 e. The third-order valence-corrected chi connectivity index (χ3v) is 5.26. The first-order valence-electron chi connectivity index (χ1n) is 9.33. The third-order valence-electron chi connectivity index (χ3n) is 5.26. The molecule has 0 unspecified atom stereocenters. The maximum Gasteiger partial charge on any atom is 0.259 e. The van der Waals surface area contributed by atoms with Crippen molar-refractivity contribution in [1.82, 2.24) is 15.4 Å². The van der Waals surface area contributed by atoms with Crippen LogP contribution in [0.4, 0.5) is 8.78 Å². The molecule has 0 spiro atoms. The van der Waals surface area contributed by atoms with Gasteiger partial charge < -0.3 is 14.7 Å². The lowest BCUT2D eigenvalue weighted by Gasteiger charge is -2.38. The van der Waals surface area contributed by atoms with Crippen LogP contribution in [0, 0.1) is 24.5 Å². The maximum atomic E-state index is 13.8. The van der Waals surface area contributed by atoms with Gasteiger partial charge in [0.1, 0.15) is 11.3 Å². The Morgan fingerprint density at radius 3 is 2.82 bits per heavy atom. The van der Waals surface area contributed by atoms with Gasteiger partial charge in [0.2, 0.25) is 5.91 Å². The Kier molecular flexibility index (Phi) is 6.06. The van der Waals surface area contributed by atoms with Gasteiger partial charge in [-0.2, -0.15) is 0 Å². The lowest BCUT2D eigenvalue weighted by atomic mass is 9.89. The van der Waals surface area contributed by atoms with Crippen molar-refractivity contribution < 1.29 is 22.9 Å². The summed E-state index contributed by atoms with van der Waals surface area (Å²) in [6.07, 6.45) is 2.55. The number of carbonyl (C=O) groups excluding carboxylic acids is 2. The molecule has 1 aromatic carbocycles. The van der Waals surface area contributed by atoms with Crippen molar-refractivity contribution in [3.63, 3.8) is 0 Å². The van der Waals surface area contributed by atoms with E-state index < -0.39 is 11.6 Å². The summed E-state index contributed by atoms with van der Waals surface area (Å²) in [5.41, 5.74) is 0.472. The molecule has 1 aliphatic rings. The van der Waals surface area contributed by atoms with E-state index in [1.807, 2.05) is 6.92 Å². The van der Waals surface area contributed by atoms with Crippen LogP contribution in [0.1, 0.15) is 41.4 Å². The second-order valence-electron chi connectivity index (χ2n) is 7.07. The highest BCUT2D eigenvalue weighted by Crippen LogP contribution is 2.23. The number of hydrogen-bond donors (Lipinski definition) is 1. The third kappa shape index (κ3) is 4.21. The van der Waals surface area contributed by atoms with E-state index in [2.05, 4.69) is 10.5 Å². The summed E-state index contributed by atoms with van der Waals surface area (Å²) in [6, 6.07) is 3.68. The van der Waals surface area contributed by atoms with Gasteiger partial charge in [-0.3, -0.25) is 9.59 Å². The quantitative estimate of drug-likeness (QED) is 0.851.